The number of anilines is 2. The topological polar surface area (TPSA) is 472 Å². The summed E-state index contributed by atoms with van der Waals surface area (Å²) in [5.74, 6) is 11.7. The Kier molecular flexibility index (Phi) is 32.2. The highest BCUT2D eigenvalue weighted by Crippen LogP contribution is 2.50. The summed E-state index contributed by atoms with van der Waals surface area (Å²) in [4.78, 5) is 60.9. The maximum atomic E-state index is 12.4. The SMILES string of the molecule is CC(=O)NCCNC(=O)c1cccc(OCC(N=[N+]=[N-])OCCOCC(=O)NCC#Cc2cn([C@H]3CC(OCN=[N+]=[N-])[C@@H](CPPP=O)O3)c3ncnc(N)c23)c1.[2H]CF.[N-]=[N+]=NCOC1C[C@H](n2cc(C#CCN)c3c(N)ncnc32)O[C@@H]1CPPP=O. The fourth-order valence-corrected chi connectivity index (χ4v) is 14.8. The summed E-state index contributed by atoms with van der Waals surface area (Å²) in [5.41, 5.74) is 46.5. The van der Waals surface area contributed by atoms with E-state index in [0.29, 0.717) is 107 Å². The summed E-state index contributed by atoms with van der Waals surface area (Å²) in [7, 11) is 0.713. The highest BCUT2D eigenvalue weighted by atomic mass is 32.4. The number of amides is 3. The molecule has 0 bridgehead atoms. The van der Waals surface area contributed by atoms with Gasteiger partial charge in [-0.2, -0.15) is 0 Å². The molecular weight excluding hydrogens is 1270 g/mol. The van der Waals surface area contributed by atoms with E-state index in [2.05, 4.69) is 89.6 Å². The number of nitrogens with one attached hydrogen (secondary N) is 3. The number of rotatable bonds is 31. The summed E-state index contributed by atoms with van der Waals surface area (Å²) < 4.78 is 81.5. The first kappa shape index (κ1) is 70.0. The van der Waals surface area contributed by atoms with E-state index >= 15 is 0 Å². The van der Waals surface area contributed by atoms with Crippen LogP contribution in [0.15, 0.2) is 64.7 Å². The van der Waals surface area contributed by atoms with Gasteiger partial charge in [-0.3, -0.25) is 27.9 Å². The van der Waals surface area contributed by atoms with Gasteiger partial charge in [0.1, 0.15) is 80.5 Å². The van der Waals surface area contributed by atoms with Crippen molar-refractivity contribution in [3.05, 3.63) is 97.3 Å². The van der Waals surface area contributed by atoms with Crippen molar-refractivity contribution in [3.63, 3.8) is 0 Å². The quantitative estimate of drug-likeness (QED) is 0.00660. The van der Waals surface area contributed by atoms with Crippen molar-refractivity contribution in [2.75, 3.05) is 97.0 Å². The maximum Gasteiger partial charge on any atom is 0.251 e. The van der Waals surface area contributed by atoms with Gasteiger partial charge in [0.05, 0.1) is 81.1 Å². The van der Waals surface area contributed by atoms with Crippen molar-refractivity contribution in [1.29, 1.82) is 0 Å². The van der Waals surface area contributed by atoms with Crippen LogP contribution in [0.1, 0.15) is 55.1 Å². The van der Waals surface area contributed by atoms with Gasteiger partial charge < -0.3 is 75.4 Å². The van der Waals surface area contributed by atoms with E-state index in [0.717, 1.165) is 0 Å². The first-order valence-electron chi connectivity index (χ1n) is 26.7. The zero-order valence-electron chi connectivity index (χ0n) is 47.9. The van der Waals surface area contributed by atoms with Crippen molar-refractivity contribution in [2.45, 2.75) is 62.9 Å². The fraction of sp³-hybridized carbons (Fsp3) is 0.479. The third-order valence-electron chi connectivity index (χ3n) is 12.1. The molecule has 0 aliphatic carbocycles. The third-order valence-corrected chi connectivity index (χ3v) is 21.0. The molecule has 40 heteroatoms. The highest BCUT2D eigenvalue weighted by Gasteiger charge is 2.39. The zero-order chi connectivity index (χ0) is 64.2. The van der Waals surface area contributed by atoms with Gasteiger partial charge in [-0.1, -0.05) is 61.6 Å². The Bertz CT molecular complexity index is 3450. The second-order valence-corrected chi connectivity index (χ2v) is 28.5. The molecule has 7 unspecified atom stereocenters. The van der Waals surface area contributed by atoms with E-state index in [1.54, 1.807) is 29.0 Å². The van der Waals surface area contributed by atoms with Gasteiger partial charge in [-0.05, 0) is 63.0 Å². The maximum absolute atomic E-state index is 12.4. The van der Waals surface area contributed by atoms with Gasteiger partial charge in [0.25, 0.3) is 5.91 Å². The van der Waals surface area contributed by atoms with Crippen molar-refractivity contribution in [2.24, 2.45) is 21.1 Å². The molecule has 2 aliphatic rings. The summed E-state index contributed by atoms with van der Waals surface area (Å²) in [6.45, 7) is 1.46. The van der Waals surface area contributed by atoms with Crippen LogP contribution in [0, 0.1) is 23.7 Å². The lowest BCUT2D eigenvalue weighted by atomic mass is 10.2. The fourth-order valence-electron chi connectivity index (χ4n) is 8.44. The molecule has 2 fully saturated rings. The normalized spacial score (nSPS) is 18.3. The first-order chi connectivity index (χ1) is 43.3. The number of nitrogen functional groups attached to an aromatic ring is 2. The minimum absolute atomic E-state index is 0.00409. The van der Waals surface area contributed by atoms with Crippen LogP contribution in [-0.4, -0.2) is 163 Å². The molecule has 2 aliphatic heterocycles. The standard InChI is InChI=1S/C32H40N13O9P3.C15H19N8O3P3.CH3F/c1-20(46)36-8-9-38-32(48)21-4-2-6-23(12-21)52-16-27(42-44-35)51-11-10-50-15-26(47)37-7-3-5-22-14-45(31-29(22)30(33)39-18-40-31)28-13-24(53-19-41-43-34)25(54-28)17-55-57-56-49;16-3-1-2-9-5-23(15-13(9)14(17)19-7-20-15)12-4-10(25-8-21-22-18)11(26-12)6-27-29-28-24;1-2/h2,4,6,12,14,18,24-25,27-28,55,57H,7-11,13,15-17,19H2,1H3,(H,36,46)(H,37,47)(H,38,48)(H2,33,39,40);5,7,10-12,27,29H,3-4,6,8,16H2,(H2,17,19,20);1H3/t24?,25-,27?,28-;10?,11-,12-;/m11./s1/i;;1D. The first-order valence-corrected chi connectivity index (χ1v) is 35.7. The van der Waals surface area contributed by atoms with Crippen LogP contribution in [0.25, 0.3) is 53.4 Å². The average molecular weight is 1330 g/mol. The van der Waals surface area contributed by atoms with E-state index in [-0.39, 0.29) is 132 Å². The predicted molar refractivity (Wildman–Crippen MR) is 332 cm³/mol. The Hall–Kier alpha value is -7.11. The van der Waals surface area contributed by atoms with E-state index in [9.17, 15) is 27.9 Å². The number of carbonyl (C=O) groups is 3. The van der Waals surface area contributed by atoms with Crippen LogP contribution in [-0.2, 0) is 47.1 Å². The minimum atomic E-state index is -1.02. The highest BCUT2D eigenvalue weighted by molar-refractivity contribution is 8.40. The summed E-state index contributed by atoms with van der Waals surface area (Å²) >= 11 is 0. The number of hydrogen-bond donors (Lipinski definition) is 6. The second-order valence-electron chi connectivity index (χ2n) is 17.6. The molecule has 6 heterocycles. The van der Waals surface area contributed by atoms with Crippen molar-refractivity contribution < 1.29 is 62.4 Å². The smallest absolute Gasteiger partial charge is 0.251 e. The number of halogens is 1. The number of benzene rings is 1. The van der Waals surface area contributed by atoms with E-state index in [4.69, 9.17) is 68.3 Å². The zero-order valence-corrected chi connectivity index (χ0v) is 52.7. The third kappa shape index (κ3) is 22.8. The molecule has 88 heavy (non-hydrogen) atoms. The Balaban J connectivity index is 0.000000374. The van der Waals surface area contributed by atoms with Gasteiger partial charge in [-0.25, -0.2) is 19.9 Å². The molecular formula is C48H62FN21O12P6. The number of fused-ring (bicyclic) bond motifs is 2. The number of ether oxygens (including phenoxy) is 7. The number of aromatic nitrogens is 6. The molecule has 5 aromatic rings. The molecule has 468 valence electrons. The molecule has 33 nitrogen and oxygen atoms in total. The summed E-state index contributed by atoms with van der Waals surface area (Å²) in [6.07, 6.45) is 5.56. The molecule has 7 rings (SSSR count). The molecule has 2 saturated heterocycles. The van der Waals surface area contributed by atoms with E-state index in [1.165, 1.54) is 25.6 Å². The van der Waals surface area contributed by atoms with Gasteiger partial charge in [-0.15, -0.1) is 0 Å². The monoisotopic (exact) mass is 1330 g/mol. The lowest BCUT2D eigenvalue weighted by molar-refractivity contribution is -0.126. The lowest BCUT2D eigenvalue weighted by Crippen LogP contribution is -2.33. The largest absolute Gasteiger partial charge is 0.491 e. The van der Waals surface area contributed by atoms with Crippen LogP contribution >= 0.6 is 48.8 Å². The van der Waals surface area contributed by atoms with Crippen LogP contribution in [0.2, 0.25) is 0 Å². The molecule has 0 saturated carbocycles. The van der Waals surface area contributed by atoms with Crippen LogP contribution in [0.4, 0.5) is 16.0 Å². The molecule has 4 aromatic heterocycles. The van der Waals surface area contributed by atoms with E-state index in [1.807, 2.05) is 10.8 Å². The Morgan fingerprint density at radius 1 is 0.852 bits per heavy atom. The van der Waals surface area contributed by atoms with Crippen LogP contribution in [0.5, 0.6) is 5.75 Å². The van der Waals surface area contributed by atoms with Crippen LogP contribution < -0.4 is 37.9 Å². The predicted octanol–water partition coefficient (Wildman–Crippen LogP) is 6.84. The molecule has 0 spiro atoms. The second kappa shape index (κ2) is 40.4. The molecule has 9 N–H and O–H groups in total. The van der Waals surface area contributed by atoms with Gasteiger partial charge in [0.15, 0.2) is 22.5 Å². The van der Waals surface area contributed by atoms with Gasteiger partial charge in [0.2, 0.25) is 11.8 Å². The van der Waals surface area contributed by atoms with E-state index < -0.39 is 25.5 Å². The summed E-state index contributed by atoms with van der Waals surface area (Å²) in [5, 5.41) is 19.6. The Labute approximate surface area is 513 Å². The molecule has 3 amide bonds. The number of hydrogen-bond acceptors (Lipinski definition) is 22. The molecule has 11 atom stereocenters. The summed E-state index contributed by atoms with van der Waals surface area (Å²) in [6, 6.07) is 6.37. The van der Waals surface area contributed by atoms with Gasteiger partial charge >= 0.3 is 0 Å². The van der Waals surface area contributed by atoms with Crippen molar-refractivity contribution in [1.82, 2.24) is 45.0 Å². The van der Waals surface area contributed by atoms with Gasteiger partial charge in [0, 0.05) is 65.5 Å². The minimum Gasteiger partial charge on any atom is -0.491 e. The number of nitrogens with zero attached hydrogens (tertiary/aromatic N) is 15. The van der Waals surface area contributed by atoms with Crippen molar-refractivity contribution in [3.8, 4) is 29.4 Å². The number of alkyl halides is 1. The van der Waals surface area contributed by atoms with Crippen LogP contribution in [0.3, 0.4) is 0 Å². The Morgan fingerprint density at radius 3 is 1.95 bits per heavy atom. The molecule has 0 radical (unpaired) electrons. The lowest BCUT2D eigenvalue weighted by Gasteiger charge is -2.17. The Morgan fingerprint density at radius 2 is 1.42 bits per heavy atom. The number of nitrogens with two attached hydrogens (primary N) is 3. The molecule has 1 aromatic carbocycles. The average Bonchev–Trinajstić information content (AvgIpc) is 1.66. The van der Waals surface area contributed by atoms with Crippen molar-refractivity contribution >= 4 is 100 Å². The number of carbonyl (C=O) groups excluding carboxylic acids is 3. The number of azide groups is 3.